The Morgan fingerprint density at radius 2 is 1.77 bits per heavy atom. The van der Waals surface area contributed by atoms with Crippen molar-refractivity contribution in [1.82, 2.24) is 14.1 Å². The summed E-state index contributed by atoms with van der Waals surface area (Å²) in [4.78, 5) is 13.9. The number of nitrogens with zero attached hydrogens (tertiary/aromatic N) is 3. The van der Waals surface area contributed by atoms with E-state index in [-0.39, 0.29) is 17.1 Å². The summed E-state index contributed by atoms with van der Waals surface area (Å²) >= 11 is 0. The van der Waals surface area contributed by atoms with Crippen LogP contribution in [0.25, 0.3) is 22.0 Å². The lowest BCUT2D eigenvalue weighted by Gasteiger charge is -2.31. The molecule has 0 amide bonds. The van der Waals surface area contributed by atoms with Crippen LogP contribution in [0.4, 0.5) is 0 Å². The van der Waals surface area contributed by atoms with Crippen LogP contribution in [0.2, 0.25) is 0 Å². The second kappa shape index (κ2) is 8.51. The molecule has 0 spiro atoms. The summed E-state index contributed by atoms with van der Waals surface area (Å²) in [5, 5.41) is 14.8. The monoisotopic (exact) mass is 443 g/mol. The fourth-order valence-electron chi connectivity index (χ4n) is 4.13. The van der Waals surface area contributed by atoms with Gasteiger partial charge in [-0.05, 0) is 24.6 Å². The van der Waals surface area contributed by atoms with Crippen LogP contribution in [0, 0.1) is 6.92 Å². The Labute approximate surface area is 181 Å². The van der Waals surface area contributed by atoms with Crippen LogP contribution < -0.4 is 10.5 Å². The Bertz CT molecular complexity index is 1280. The maximum Gasteiger partial charge on any atom is 0.274 e. The number of aliphatic hydroxyl groups excluding tert-OH is 1. The standard InChI is InChI=1S/C22H26N4O4S/c1-16-7-8-17(21-18-5-3-4-6-19(18)22(28)24(2)23-21)15-20(16)31(29,30)26-11-9-25(10-12-26)13-14-27/h3-8,15,27H,9-14H2,1-2H3/p+1. The lowest BCUT2D eigenvalue weighted by atomic mass is 10.0. The molecule has 31 heavy (non-hydrogen) atoms. The lowest BCUT2D eigenvalue weighted by Crippen LogP contribution is -3.15. The predicted molar refractivity (Wildman–Crippen MR) is 119 cm³/mol. The molecule has 1 aliphatic rings. The Balaban J connectivity index is 1.76. The number of aryl methyl sites for hydroxylation is 2. The average molecular weight is 444 g/mol. The molecule has 2 N–H and O–H groups in total. The topological polar surface area (TPSA) is 96.9 Å². The number of hydrogen-bond donors (Lipinski definition) is 2. The van der Waals surface area contributed by atoms with Gasteiger partial charge in [-0.2, -0.15) is 9.40 Å². The van der Waals surface area contributed by atoms with Gasteiger partial charge >= 0.3 is 0 Å². The SMILES string of the molecule is Cc1ccc(-c2nn(C)c(=O)c3ccccc23)cc1S(=O)(=O)N1CC[NH+](CCO)CC1. The smallest absolute Gasteiger partial charge is 0.274 e. The molecular formula is C22H27N4O4S+. The van der Waals surface area contributed by atoms with E-state index in [0.29, 0.717) is 60.3 Å². The van der Waals surface area contributed by atoms with Crippen molar-refractivity contribution < 1.29 is 18.4 Å². The van der Waals surface area contributed by atoms with E-state index in [9.17, 15) is 13.2 Å². The van der Waals surface area contributed by atoms with Gasteiger partial charge in [0.1, 0.15) is 6.54 Å². The van der Waals surface area contributed by atoms with Gasteiger partial charge in [-0.25, -0.2) is 13.1 Å². The van der Waals surface area contributed by atoms with Crippen molar-refractivity contribution in [2.75, 3.05) is 39.3 Å². The zero-order valence-electron chi connectivity index (χ0n) is 17.7. The first-order valence-electron chi connectivity index (χ1n) is 10.3. The number of quaternary nitrogens is 1. The van der Waals surface area contributed by atoms with E-state index in [4.69, 9.17) is 5.11 Å². The molecule has 164 valence electrons. The second-order valence-corrected chi connectivity index (χ2v) is 9.84. The third-order valence-corrected chi connectivity index (χ3v) is 7.97. The number of aromatic nitrogens is 2. The van der Waals surface area contributed by atoms with Crippen LogP contribution in [-0.2, 0) is 17.1 Å². The minimum atomic E-state index is -3.67. The van der Waals surface area contributed by atoms with Crippen molar-refractivity contribution in [2.45, 2.75) is 11.8 Å². The highest BCUT2D eigenvalue weighted by molar-refractivity contribution is 7.89. The van der Waals surface area contributed by atoms with Crippen LogP contribution in [0.5, 0.6) is 0 Å². The van der Waals surface area contributed by atoms with Crippen LogP contribution in [-0.4, -0.2) is 66.9 Å². The van der Waals surface area contributed by atoms with E-state index in [2.05, 4.69) is 5.10 Å². The fraction of sp³-hybridized carbons (Fsp3) is 0.364. The van der Waals surface area contributed by atoms with Crippen molar-refractivity contribution >= 4 is 20.8 Å². The number of piperazine rings is 1. The van der Waals surface area contributed by atoms with E-state index in [1.807, 2.05) is 18.2 Å². The molecule has 1 aliphatic heterocycles. The van der Waals surface area contributed by atoms with E-state index in [1.54, 1.807) is 38.2 Å². The van der Waals surface area contributed by atoms with Crippen molar-refractivity contribution in [2.24, 2.45) is 7.05 Å². The van der Waals surface area contributed by atoms with Crippen LogP contribution in [0.3, 0.4) is 0 Å². The van der Waals surface area contributed by atoms with Gasteiger partial charge in [0, 0.05) is 18.0 Å². The van der Waals surface area contributed by atoms with E-state index in [1.165, 1.54) is 13.9 Å². The third-order valence-electron chi connectivity index (χ3n) is 5.93. The molecule has 9 heteroatoms. The Morgan fingerprint density at radius 3 is 2.45 bits per heavy atom. The zero-order valence-corrected chi connectivity index (χ0v) is 18.5. The second-order valence-electron chi connectivity index (χ2n) is 7.93. The molecule has 0 unspecified atom stereocenters. The normalized spacial score (nSPS) is 16.1. The Morgan fingerprint density at radius 1 is 1.10 bits per heavy atom. The molecule has 0 atom stereocenters. The Kier molecular flexibility index (Phi) is 5.94. The quantitative estimate of drug-likeness (QED) is 0.569. The largest absolute Gasteiger partial charge is 0.391 e. The van der Waals surface area contributed by atoms with E-state index < -0.39 is 10.0 Å². The van der Waals surface area contributed by atoms with Gasteiger partial charge in [0.2, 0.25) is 10.0 Å². The highest BCUT2D eigenvalue weighted by atomic mass is 32.2. The molecule has 1 aromatic heterocycles. The molecule has 3 aromatic rings. The van der Waals surface area contributed by atoms with Gasteiger partial charge in [-0.3, -0.25) is 4.79 Å². The maximum atomic E-state index is 13.4. The first kappa shape index (κ1) is 21.6. The molecule has 0 saturated carbocycles. The molecule has 8 nitrogen and oxygen atoms in total. The number of aliphatic hydroxyl groups is 1. The van der Waals surface area contributed by atoms with Crippen LogP contribution in [0.1, 0.15) is 5.56 Å². The number of fused-ring (bicyclic) bond motifs is 1. The van der Waals surface area contributed by atoms with Gasteiger partial charge in [0.25, 0.3) is 5.56 Å². The zero-order chi connectivity index (χ0) is 22.2. The van der Waals surface area contributed by atoms with E-state index >= 15 is 0 Å². The third kappa shape index (κ3) is 4.01. The first-order chi connectivity index (χ1) is 14.8. The molecule has 2 heterocycles. The minimum absolute atomic E-state index is 0.101. The van der Waals surface area contributed by atoms with Gasteiger partial charge in [0.05, 0.1) is 48.8 Å². The molecule has 2 aromatic carbocycles. The van der Waals surface area contributed by atoms with Crippen LogP contribution >= 0.6 is 0 Å². The number of sulfonamides is 1. The molecule has 4 rings (SSSR count). The molecule has 1 fully saturated rings. The van der Waals surface area contributed by atoms with E-state index in [0.717, 1.165) is 0 Å². The Hall–Kier alpha value is -2.59. The van der Waals surface area contributed by atoms with Crippen molar-refractivity contribution in [3.63, 3.8) is 0 Å². The van der Waals surface area contributed by atoms with Crippen molar-refractivity contribution in [3.8, 4) is 11.3 Å². The summed E-state index contributed by atoms with van der Waals surface area (Å²) in [5.74, 6) is 0. The van der Waals surface area contributed by atoms with Gasteiger partial charge in [-0.1, -0.05) is 30.3 Å². The predicted octanol–water partition coefficient (Wildman–Crippen LogP) is -0.210. The summed E-state index contributed by atoms with van der Waals surface area (Å²) in [6, 6.07) is 12.5. The number of hydrogen-bond acceptors (Lipinski definition) is 5. The maximum absolute atomic E-state index is 13.4. The number of nitrogens with one attached hydrogen (secondary N) is 1. The summed E-state index contributed by atoms with van der Waals surface area (Å²) < 4.78 is 29.7. The molecule has 0 radical (unpaired) electrons. The number of rotatable bonds is 5. The van der Waals surface area contributed by atoms with Gasteiger partial charge in [0.15, 0.2) is 0 Å². The highest BCUT2D eigenvalue weighted by Gasteiger charge is 2.31. The summed E-state index contributed by atoms with van der Waals surface area (Å²) in [7, 11) is -2.08. The fourth-order valence-corrected chi connectivity index (χ4v) is 5.82. The molecule has 0 aliphatic carbocycles. The summed E-state index contributed by atoms with van der Waals surface area (Å²) in [6.07, 6.45) is 0. The first-order valence-corrected chi connectivity index (χ1v) is 11.8. The molecule has 0 bridgehead atoms. The highest BCUT2D eigenvalue weighted by Crippen LogP contribution is 2.29. The molecule has 1 saturated heterocycles. The average Bonchev–Trinajstić information content (AvgIpc) is 2.77. The van der Waals surface area contributed by atoms with Crippen molar-refractivity contribution in [1.29, 1.82) is 0 Å². The van der Waals surface area contributed by atoms with Crippen molar-refractivity contribution in [3.05, 3.63) is 58.4 Å². The minimum Gasteiger partial charge on any atom is -0.391 e. The lowest BCUT2D eigenvalue weighted by molar-refractivity contribution is -0.904. The van der Waals surface area contributed by atoms with Gasteiger partial charge in [-0.15, -0.1) is 0 Å². The number of benzene rings is 2. The molecular weight excluding hydrogens is 416 g/mol. The van der Waals surface area contributed by atoms with Gasteiger partial charge < -0.3 is 10.0 Å². The summed E-state index contributed by atoms with van der Waals surface area (Å²) in [5.41, 5.74) is 1.71. The summed E-state index contributed by atoms with van der Waals surface area (Å²) in [6.45, 7) is 4.70. The van der Waals surface area contributed by atoms with Crippen LogP contribution in [0.15, 0.2) is 52.2 Å².